The number of hydrogen-bond acceptors (Lipinski definition) is 6. The Morgan fingerprint density at radius 1 is 0.543 bits per heavy atom. The molecule has 0 N–H and O–H groups in total. The van der Waals surface area contributed by atoms with Crippen LogP contribution in [0.25, 0.3) is 33.0 Å². The second kappa shape index (κ2) is 18.8. The number of ether oxygens (including phenoxy) is 2. The number of benzene rings is 3. The van der Waals surface area contributed by atoms with Crippen molar-refractivity contribution in [3.05, 3.63) is 59.7 Å². The predicted molar refractivity (Wildman–Crippen MR) is 191 cm³/mol. The highest BCUT2D eigenvalue weighted by atomic mass is 16.5. The highest BCUT2D eigenvalue weighted by Gasteiger charge is 2.25. The molecular weight excluding hydrogens is 572 g/mol. The third-order valence-electron chi connectivity index (χ3n) is 9.11. The van der Waals surface area contributed by atoms with Gasteiger partial charge in [-0.15, -0.1) is 0 Å². The van der Waals surface area contributed by atoms with E-state index in [0.29, 0.717) is 24.3 Å². The molecule has 0 aromatic heterocycles. The van der Waals surface area contributed by atoms with Crippen molar-refractivity contribution in [2.45, 2.75) is 91.9 Å². The first kappa shape index (κ1) is 35.6. The molecule has 0 saturated carbocycles. The van der Waals surface area contributed by atoms with E-state index in [1.54, 1.807) is 0 Å². The summed E-state index contributed by atoms with van der Waals surface area (Å²) in [7, 11) is 0. The van der Waals surface area contributed by atoms with Gasteiger partial charge in [-0.05, 0) is 116 Å². The number of nitrogens with zero attached hydrogens (tertiary/aromatic N) is 2. The zero-order valence-electron chi connectivity index (χ0n) is 28.9. The van der Waals surface area contributed by atoms with Gasteiger partial charge in [-0.3, -0.25) is 0 Å². The zero-order valence-corrected chi connectivity index (χ0v) is 28.9. The van der Waals surface area contributed by atoms with Crippen molar-refractivity contribution in [1.82, 2.24) is 9.80 Å². The van der Waals surface area contributed by atoms with E-state index in [-0.39, 0.29) is 11.9 Å². The summed E-state index contributed by atoms with van der Waals surface area (Å²) in [4.78, 5) is 31.3. The molecule has 6 nitrogen and oxygen atoms in total. The van der Waals surface area contributed by atoms with Crippen LogP contribution in [0.4, 0.5) is 0 Å². The summed E-state index contributed by atoms with van der Waals surface area (Å²) in [5, 5.41) is 1.94. The van der Waals surface area contributed by atoms with Crippen molar-refractivity contribution >= 4 is 22.7 Å². The van der Waals surface area contributed by atoms with E-state index in [2.05, 4.69) is 43.6 Å². The smallest absolute Gasteiger partial charge is 0.338 e. The van der Waals surface area contributed by atoms with Crippen LogP contribution in [0.15, 0.2) is 48.5 Å². The maximum atomic E-state index is 13.3. The first-order valence-electron chi connectivity index (χ1n) is 18.0. The molecule has 0 atom stereocenters. The Bertz CT molecular complexity index is 1400. The van der Waals surface area contributed by atoms with Crippen LogP contribution in [0, 0.1) is 0 Å². The van der Waals surface area contributed by atoms with Crippen molar-refractivity contribution < 1.29 is 19.1 Å². The Hall–Kier alpha value is -3.22. The number of fused-ring (bicyclic) bond motifs is 3. The number of rotatable bonds is 22. The van der Waals surface area contributed by atoms with E-state index in [4.69, 9.17) is 9.47 Å². The third kappa shape index (κ3) is 9.42. The normalized spacial score (nSPS) is 11.9. The Kier molecular flexibility index (Phi) is 14.6. The van der Waals surface area contributed by atoms with Gasteiger partial charge >= 0.3 is 11.9 Å². The molecule has 1 aliphatic carbocycles. The number of carbonyl (C=O) groups is 2. The molecule has 0 bridgehead atoms. The molecule has 0 aliphatic heterocycles. The zero-order chi connectivity index (χ0) is 32.7. The molecule has 1 aliphatic rings. The second-order valence-electron chi connectivity index (χ2n) is 12.7. The molecule has 4 rings (SSSR count). The van der Waals surface area contributed by atoms with Crippen LogP contribution in [0.2, 0.25) is 0 Å². The Balaban J connectivity index is 1.38. The summed E-state index contributed by atoms with van der Waals surface area (Å²) < 4.78 is 11.5. The minimum absolute atomic E-state index is 0.277. The Morgan fingerprint density at radius 3 is 1.61 bits per heavy atom. The van der Waals surface area contributed by atoms with Gasteiger partial charge in [0, 0.05) is 13.1 Å². The van der Waals surface area contributed by atoms with Gasteiger partial charge < -0.3 is 19.3 Å². The fourth-order valence-electron chi connectivity index (χ4n) is 6.43. The molecule has 0 spiro atoms. The number of carbonyl (C=O) groups excluding carboxylic acids is 2. The molecule has 0 unspecified atom stereocenters. The van der Waals surface area contributed by atoms with Crippen molar-refractivity contribution in [2.75, 3.05) is 52.5 Å². The van der Waals surface area contributed by atoms with Crippen LogP contribution in [0.5, 0.6) is 0 Å². The van der Waals surface area contributed by atoms with Gasteiger partial charge in [0.25, 0.3) is 0 Å². The van der Waals surface area contributed by atoms with Gasteiger partial charge in [-0.1, -0.05) is 83.7 Å². The van der Waals surface area contributed by atoms with Crippen LogP contribution in [0.3, 0.4) is 0 Å². The van der Waals surface area contributed by atoms with E-state index in [0.717, 1.165) is 85.1 Å². The molecule has 46 heavy (non-hydrogen) atoms. The van der Waals surface area contributed by atoms with Gasteiger partial charge in [0.05, 0.1) is 24.3 Å². The van der Waals surface area contributed by atoms with Gasteiger partial charge in [0.2, 0.25) is 0 Å². The fourth-order valence-corrected chi connectivity index (χ4v) is 6.43. The highest BCUT2D eigenvalue weighted by Crippen LogP contribution is 2.48. The summed E-state index contributed by atoms with van der Waals surface area (Å²) in [5.41, 5.74) is 5.35. The summed E-state index contributed by atoms with van der Waals surface area (Å²) in [5.74, 6) is -0.563. The lowest BCUT2D eigenvalue weighted by Crippen LogP contribution is -2.28. The number of esters is 2. The van der Waals surface area contributed by atoms with Crippen molar-refractivity contribution in [3.8, 4) is 22.3 Å². The van der Waals surface area contributed by atoms with Crippen LogP contribution in [-0.2, 0) is 9.47 Å². The Morgan fingerprint density at radius 2 is 1.04 bits per heavy atom. The molecule has 6 heteroatoms. The van der Waals surface area contributed by atoms with Gasteiger partial charge in [-0.25, -0.2) is 9.59 Å². The second-order valence-corrected chi connectivity index (χ2v) is 12.7. The SMILES string of the molecule is CCCCN(CCCC)CCCOC(=O)c1ccc2c(c1)-c1ccc(C(=O)OCCCN(CCCC)CCCC)c3cccc-2c13. The molecule has 0 saturated heterocycles. The largest absolute Gasteiger partial charge is 0.462 e. The summed E-state index contributed by atoms with van der Waals surface area (Å²) in [6.07, 6.45) is 11.2. The summed E-state index contributed by atoms with van der Waals surface area (Å²) in [6, 6.07) is 15.8. The predicted octanol–water partition coefficient (Wildman–Crippen LogP) is 9.39. The lowest BCUT2D eigenvalue weighted by atomic mass is 9.98. The van der Waals surface area contributed by atoms with E-state index < -0.39 is 0 Å². The maximum absolute atomic E-state index is 13.3. The van der Waals surface area contributed by atoms with Crippen molar-refractivity contribution in [3.63, 3.8) is 0 Å². The fraction of sp³-hybridized carbons (Fsp3) is 0.550. The molecule has 250 valence electrons. The van der Waals surface area contributed by atoms with Gasteiger partial charge in [0.15, 0.2) is 0 Å². The van der Waals surface area contributed by atoms with E-state index in [1.807, 2.05) is 42.5 Å². The molecule has 3 aromatic carbocycles. The topological polar surface area (TPSA) is 59.1 Å². The van der Waals surface area contributed by atoms with Crippen LogP contribution < -0.4 is 0 Å². The van der Waals surface area contributed by atoms with Crippen LogP contribution in [-0.4, -0.2) is 74.2 Å². The van der Waals surface area contributed by atoms with Gasteiger partial charge in [-0.2, -0.15) is 0 Å². The lowest BCUT2D eigenvalue weighted by Gasteiger charge is -2.21. The minimum atomic E-state index is -0.285. The molecule has 3 aromatic rings. The average Bonchev–Trinajstić information content (AvgIpc) is 3.40. The standard InChI is InChI=1S/C40H56N2O4/c1-5-9-22-41(23-10-6-2)26-14-28-45-39(43)31-18-19-32-33-16-13-17-34-36(21-20-35(38(33)34)37(32)30-31)40(44)46-29-15-27-42(24-11-7-3)25-12-8-4/h13,16-21,30H,5-12,14-15,22-29H2,1-4H3. The average molecular weight is 629 g/mol. The van der Waals surface area contributed by atoms with Crippen molar-refractivity contribution in [1.29, 1.82) is 0 Å². The van der Waals surface area contributed by atoms with E-state index in [9.17, 15) is 9.59 Å². The third-order valence-corrected chi connectivity index (χ3v) is 9.11. The first-order chi connectivity index (χ1) is 22.5. The quantitative estimate of drug-likeness (QED) is 0.0638. The molecule has 0 heterocycles. The summed E-state index contributed by atoms with van der Waals surface area (Å²) in [6.45, 7) is 16.1. The highest BCUT2D eigenvalue weighted by molar-refractivity contribution is 6.20. The maximum Gasteiger partial charge on any atom is 0.338 e. The minimum Gasteiger partial charge on any atom is -0.462 e. The van der Waals surface area contributed by atoms with Crippen LogP contribution in [0.1, 0.15) is 113 Å². The monoisotopic (exact) mass is 628 g/mol. The number of hydrogen-bond donors (Lipinski definition) is 0. The Labute approximate surface area is 277 Å². The molecular formula is C40H56N2O4. The number of unbranched alkanes of at least 4 members (excludes halogenated alkanes) is 4. The van der Waals surface area contributed by atoms with Crippen LogP contribution >= 0.6 is 0 Å². The first-order valence-corrected chi connectivity index (χ1v) is 18.0. The lowest BCUT2D eigenvalue weighted by molar-refractivity contribution is 0.0479. The van der Waals surface area contributed by atoms with E-state index >= 15 is 0 Å². The molecule has 0 amide bonds. The molecule has 0 fully saturated rings. The van der Waals surface area contributed by atoms with Gasteiger partial charge in [0.1, 0.15) is 0 Å². The van der Waals surface area contributed by atoms with E-state index in [1.165, 1.54) is 51.4 Å². The molecule has 0 radical (unpaired) electrons. The van der Waals surface area contributed by atoms with Crippen molar-refractivity contribution in [2.24, 2.45) is 0 Å². The summed E-state index contributed by atoms with van der Waals surface area (Å²) >= 11 is 0.